The van der Waals surface area contributed by atoms with Crippen molar-refractivity contribution >= 4 is 73.1 Å². The fourth-order valence-corrected chi connectivity index (χ4v) is 64.7. The molecule has 0 atom stereocenters. The first-order chi connectivity index (χ1) is 12.6. The van der Waals surface area contributed by atoms with Crippen LogP contribution in [0.3, 0.4) is 0 Å². The Kier molecular flexibility index (Phi) is 16.7. The van der Waals surface area contributed by atoms with E-state index in [0.717, 1.165) is 0 Å². The van der Waals surface area contributed by atoms with E-state index in [1.54, 1.807) is 0 Å². The van der Waals surface area contributed by atoms with E-state index < -0.39 is 14.2 Å². The molecule has 0 aliphatic carbocycles. The standard InChI is InChI=1S/C8H24Si4.4C4H9.2Sn.2H/c1-9(2)11(5,6)12(7,8)10(3)4;4*1-4(2)3;;;;/h1-8H3;4*1-3H3;;;;. The van der Waals surface area contributed by atoms with Gasteiger partial charge in [0.2, 0.25) is 0 Å². The molecular weight excluding hydrogens is 638 g/mol. The monoisotopic (exact) mass is 702 g/mol. The molecule has 0 aliphatic rings. The third kappa shape index (κ3) is 21.0. The van der Waals surface area contributed by atoms with Gasteiger partial charge in [-0.3, -0.25) is 0 Å². The van der Waals surface area contributed by atoms with Crippen molar-refractivity contribution in [1.29, 1.82) is 0 Å². The SMILES string of the molecule is C[C](C)(C)[SnH][C](C)(C)C.C[C](C)(C)[SnH][C](C)(C)C.C[Si](C)[Si](C)(C)[Si](C)(C)[Si](C)C. The Morgan fingerprint density at radius 3 is 0.567 bits per heavy atom. The molecule has 0 heterocycles. The second kappa shape index (κ2) is 13.5. The van der Waals surface area contributed by atoms with Gasteiger partial charge in [-0.1, -0.05) is 52.4 Å². The average Bonchev–Trinajstić information content (AvgIpc) is 2.29. The van der Waals surface area contributed by atoms with Crippen LogP contribution in [0.4, 0.5) is 0 Å². The molecule has 4 radical (unpaired) electrons. The topological polar surface area (TPSA) is 0 Å². The molecule has 0 amide bonds. The second-order valence-corrected chi connectivity index (χ2v) is 70.9. The van der Waals surface area contributed by atoms with Crippen molar-refractivity contribution in [2.75, 3.05) is 0 Å². The van der Waals surface area contributed by atoms with E-state index in [1.807, 2.05) is 0 Å². The maximum absolute atomic E-state index is 2.66. The first kappa shape index (κ1) is 37.0. The zero-order valence-electron chi connectivity index (χ0n) is 25.2. The molecule has 0 bridgehead atoms. The number of hydrogen-bond donors (Lipinski definition) is 0. The Morgan fingerprint density at radius 1 is 0.400 bits per heavy atom. The molecule has 0 spiro atoms. The molecule has 0 saturated carbocycles. The van der Waals surface area contributed by atoms with E-state index in [4.69, 9.17) is 0 Å². The van der Waals surface area contributed by atoms with Gasteiger partial charge >= 0.3 is 139 Å². The van der Waals surface area contributed by atoms with Crippen molar-refractivity contribution in [2.24, 2.45) is 0 Å². The van der Waals surface area contributed by atoms with Crippen molar-refractivity contribution in [2.45, 2.75) is 149 Å². The molecule has 0 aliphatic heterocycles. The van der Waals surface area contributed by atoms with Gasteiger partial charge in [0.15, 0.2) is 0 Å². The minimum absolute atomic E-state index is 0.0136. The predicted octanol–water partition coefficient (Wildman–Crippen LogP) is 8.87. The van der Waals surface area contributed by atoms with Crippen LogP contribution in [-0.2, 0) is 0 Å². The molecule has 0 fully saturated rings. The van der Waals surface area contributed by atoms with E-state index >= 15 is 0 Å². The number of rotatable bonds is 3. The van der Waals surface area contributed by atoms with E-state index in [1.165, 1.54) is 0 Å². The Morgan fingerprint density at radius 2 is 0.533 bits per heavy atom. The zero-order chi connectivity index (χ0) is 25.6. The van der Waals surface area contributed by atoms with Gasteiger partial charge in [0, 0.05) is 30.8 Å². The van der Waals surface area contributed by atoms with Gasteiger partial charge in [-0.25, -0.2) is 0 Å². The van der Waals surface area contributed by atoms with Gasteiger partial charge in [-0.05, 0) is 0 Å². The summed E-state index contributed by atoms with van der Waals surface area (Å²) in [5, 5.41) is 0. The average molecular weight is 701 g/mol. The third-order valence-corrected chi connectivity index (χ3v) is 70.7. The maximum Gasteiger partial charge on any atom is 0.0307 e. The van der Waals surface area contributed by atoms with Crippen molar-refractivity contribution in [1.82, 2.24) is 0 Å². The predicted molar refractivity (Wildman–Crippen MR) is 163 cm³/mol. The van der Waals surface area contributed by atoms with Crippen LogP contribution in [0.1, 0.15) is 83.1 Å². The second-order valence-electron chi connectivity index (χ2n) is 15.0. The van der Waals surface area contributed by atoms with Crippen molar-refractivity contribution in [3.05, 3.63) is 0 Å². The molecule has 0 rings (SSSR count). The van der Waals surface area contributed by atoms with Crippen molar-refractivity contribution in [3.63, 3.8) is 0 Å². The third-order valence-electron chi connectivity index (χ3n) is 5.79. The van der Waals surface area contributed by atoms with Crippen LogP contribution in [0.15, 0.2) is 0 Å². The Hall–Kier alpha value is 2.46. The summed E-state index contributed by atoms with van der Waals surface area (Å²) in [4.78, 5) is 0. The van der Waals surface area contributed by atoms with Gasteiger partial charge in [-0.15, -0.1) is 0 Å². The fraction of sp³-hybridized carbons (Fsp3) is 1.00. The van der Waals surface area contributed by atoms with Crippen LogP contribution < -0.4 is 0 Å². The summed E-state index contributed by atoms with van der Waals surface area (Å²) >= 11 is -0.710. The van der Waals surface area contributed by atoms with Crippen LogP contribution in [0, 0.1) is 0 Å². The summed E-state index contributed by atoms with van der Waals surface area (Å²) in [7, 11) is -1.54. The summed E-state index contributed by atoms with van der Waals surface area (Å²) in [6, 6.07) is 0. The molecule has 6 heteroatoms. The smallest absolute Gasteiger partial charge is 0.0307 e. The molecule has 0 N–H and O–H groups in total. The van der Waals surface area contributed by atoms with Gasteiger partial charge < -0.3 is 0 Å². The van der Waals surface area contributed by atoms with E-state index in [2.05, 4.69) is 135 Å². The largest absolute Gasteiger partial charge is 0.0735 e. The minimum atomic E-state index is -0.785. The molecule has 182 valence electrons. The normalized spacial score (nSPS) is 14.2. The molecule has 0 saturated heterocycles. The van der Waals surface area contributed by atoms with E-state index in [0.29, 0.717) is 13.7 Å². The number of hydrogen-bond acceptors (Lipinski definition) is 0. The van der Waals surface area contributed by atoms with E-state index in [-0.39, 0.29) is 58.9 Å². The van der Waals surface area contributed by atoms with Gasteiger partial charge in [0.25, 0.3) is 0 Å². The molecular formula is C24H62Si4Sn2. The van der Waals surface area contributed by atoms with Crippen LogP contribution in [-0.4, -0.2) is 73.1 Å². The van der Waals surface area contributed by atoms with Crippen LogP contribution >= 0.6 is 0 Å². The Labute approximate surface area is 220 Å². The van der Waals surface area contributed by atoms with Crippen LogP contribution in [0.25, 0.3) is 0 Å². The van der Waals surface area contributed by atoms with Gasteiger partial charge in [0.1, 0.15) is 0 Å². The van der Waals surface area contributed by atoms with Gasteiger partial charge in [-0.2, -0.15) is 0 Å². The first-order valence-electron chi connectivity index (χ1n) is 11.9. The van der Waals surface area contributed by atoms with Crippen molar-refractivity contribution in [3.8, 4) is 0 Å². The van der Waals surface area contributed by atoms with Crippen LogP contribution in [0.2, 0.25) is 66.1 Å². The molecule has 0 aromatic heterocycles. The van der Waals surface area contributed by atoms with Crippen LogP contribution in [0.5, 0.6) is 0 Å². The van der Waals surface area contributed by atoms with Crippen molar-refractivity contribution < 1.29 is 0 Å². The summed E-state index contributed by atoms with van der Waals surface area (Å²) in [6.07, 6.45) is 0. The quantitative estimate of drug-likeness (QED) is 0.258. The molecule has 30 heavy (non-hydrogen) atoms. The first-order valence-corrected chi connectivity index (χ1v) is 32.5. The van der Waals surface area contributed by atoms with Gasteiger partial charge in [0.05, 0.1) is 0 Å². The Bertz CT molecular complexity index is 390. The van der Waals surface area contributed by atoms with E-state index in [9.17, 15) is 0 Å². The minimum Gasteiger partial charge on any atom is -0.0735 e. The molecule has 0 aromatic rings. The molecule has 0 aromatic carbocycles. The zero-order valence-corrected chi connectivity index (χ0v) is 35.7. The fourth-order valence-electron chi connectivity index (χ4n) is 3.85. The summed E-state index contributed by atoms with van der Waals surface area (Å²) in [5.74, 6) is 0. The summed E-state index contributed by atoms with van der Waals surface area (Å²) < 4.78 is 2.70. The molecule has 0 unspecified atom stereocenters. The summed E-state index contributed by atoms with van der Waals surface area (Å²) in [6.45, 7) is 49.3. The molecule has 0 nitrogen and oxygen atoms in total. The summed E-state index contributed by atoms with van der Waals surface area (Å²) in [5.41, 5.74) is 0. The maximum atomic E-state index is 2.66. The Balaban J connectivity index is -0.000000371.